The third-order valence-corrected chi connectivity index (χ3v) is 2.92. The SMILES string of the molecule is N/C=C\C=C(/N)c1cc(C2CC2)cc([N+](=O)[O-])c1. The fraction of sp³-hybridized carbons (Fsp3) is 0.231. The van der Waals surface area contributed by atoms with Crippen LogP contribution in [0, 0.1) is 10.1 Å². The summed E-state index contributed by atoms with van der Waals surface area (Å²) in [5.74, 6) is 0.446. The van der Waals surface area contributed by atoms with Crippen LogP contribution in [0.1, 0.15) is 29.9 Å². The second kappa shape index (κ2) is 4.91. The lowest BCUT2D eigenvalue weighted by atomic mass is 10.0. The molecule has 94 valence electrons. The van der Waals surface area contributed by atoms with E-state index in [4.69, 9.17) is 11.5 Å². The Balaban J connectivity index is 2.42. The van der Waals surface area contributed by atoms with Crippen LogP contribution in [0.5, 0.6) is 0 Å². The maximum absolute atomic E-state index is 10.9. The summed E-state index contributed by atoms with van der Waals surface area (Å²) < 4.78 is 0. The first-order valence-corrected chi connectivity index (χ1v) is 5.75. The van der Waals surface area contributed by atoms with E-state index in [1.54, 1.807) is 18.2 Å². The van der Waals surface area contributed by atoms with Crippen molar-refractivity contribution in [3.63, 3.8) is 0 Å². The van der Waals surface area contributed by atoms with Crippen molar-refractivity contribution >= 4 is 11.4 Å². The number of nitro groups is 1. The van der Waals surface area contributed by atoms with Gasteiger partial charge in [-0.15, -0.1) is 0 Å². The molecular weight excluding hydrogens is 230 g/mol. The van der Waals surface area contributed by atoms with Crippen molar-refractivity contribution in [2.75, 3.05) is 0 Å². The summed E-state index contributed by atoms with van der Waals surface area (Å²) in [6.07, 6.45) is 6.78. The molecule has 0 atom stereocenters. The second-order valence-corrected chi connectivity index (χ2v) is 4.35. The van der Waals surface area contributed by atoms with Crippen LogP contribution in [0.15, 0.2) is 36.6 Å². The number of hydrogen-bond acceptors (Lipinski definition) is 4. The molecular formula is C13H15N3O2. The molecule has 0 spiro atoms. The van der Waals surface area contributed by atoms with Crippen LogP contribution in [0.3, 0.4) is 0 Å². The van der Waals surface area contributed by atoms with E-state index in [0.29, 0.717) is 17.2 Å². The van der Waals surface area contributed by atoms with E-state index in [1.165, 1.54) is 12.3 Å². The van der Waals surface area contributed by atoms with Gasteiger partial charge in [-0.2, -0.15) is 0 Å². The molecule has 1 aliphatic rings. The van der Waals surface area contributed by atoms with Crippen molar-refractivity contribution in [3.05, 3.63) is 57.8 Å². The van der Waals surface area contributed by atoms with E-state index in [9.17, 15) is 10.1 Å². The Morgan fingerprint density at radius 1 is 1.39 bits per heavy atom. The summed E-state index contributed by atoms with van der Waals surface area (Å²) in [6, 6.07) is 5.04. The predicted octanol–water partition coefficient (Wildman–Crippen LogP) is 2.24. The van der Waals surface area contributed by atoms with Crippen LogP contribution in [-0.2, 0) is 0 Å². The molecule has 0 amide bonds. The van der Waals surface area contributed by atoms with E-state index in [2.05, 4.69) is 0 Å². The highest BCUT2D eigenvalue weighted by atomic mass is 16.6. The first-order valence-electron chi connectivity index (χ1n) is 5.75. The molecule has 18 heavy (non-hydrogen) atoms. The summed E-state index contributed by atoms with van der Waals surface area (Å²) in [5, 5.41) is 10.9. The summed E-state index contributed by atoms with van der Waals surface area (Å²) in [7, 11) is 0. The van der Waals surface area contributed by atoms with Crippen molar-refractivity contribution in [2.24, 2.45) is 11.5 Å². The maximum Gasteiger partial charge on any atom is 0.270 e. The molecule has 0 aromatic heterocycles. The van der Waals surface area contributed by atoms with Crippen LogP contribution in [0.2, 0.25) is 0 Å². The van der Waals surface area contributed by atoms with Crippen molar-refractivity contribution in [1.29, 1.82) is 0 Å². The summed E-state index contributed by atoms with van der Waals surface area (Å²) in [4.78, 5) is 10.5. The van der Waals surface area contributed by atoms with Gasteiger partial charge in [0.05, 0.1) is 4.92 Å². The average molecular weight is 245 g/mol. The van der Waals surface area contributed by atoms with Gasteiger partial charge in [-0.25, -0.2) is 0 Å². The third kappa shape index (κ3) is 2.68. The van der Waals surface area contributed by atoms with Gasteiger partial charge in [0.15, 0.2) is 0 Å². The van der Waals surface area contributed by atoms with Gasteiger partial charge in [-0.05, 0) is 48.7 Å². The minimum absolute atomic E-state index is 0.0856. The summed E-state index contributed by atoms with van der Waals surface area (Å²) in [5.41, 5.74) is 13.3. The highest BCUT2D eigenvalue weighted by Crippen LogP contribution is 2.41. The zero-order chi connectivity index (χ0) is 13.1. The van der Waals surface area contributed by atoms with Gasteiger partial charge in [0.25, 0.3) is 5.69 Å². The lowest BCUT2D eigenvalue weighted by molar-refractivity contribution is -0.384. The molecule has 1 fully saturated rings. The molecule has 0 bridgehead atoms. The van der Waals surface area contributed by atoms with E-state index in [-0.39, 0.29) is 10.6 Å². The predicted molar refractivity (Wildman–Crippen MR) is 70.6 cm³/mol. The molecule has 4 N–H and O–H groups in total. The van der Waals surface area contributed by atoms with Gasteiger partial charge in [0, 0.05) is 23.4 Å². The minimum Gasteiger partial charge on any atom is -0.405 e. The van der Waals surface area contributed by atoms with Gasteiger partial charge in [-0.1, -0.05) is 0 Å². The Morgan fingerprint density at radius 2 is 2.11 bits per heavy atom. The largest absolute Gasteiger partial charge is 0.405 e. The number of non-ortho nitro benzene ring substituents is 1. The van der Waals surface area contributed by atoms with Gasteiger partial charge in [0.1, 0.15) is 0 Å². The van der Waals surface area contributed by atoms with Crippen molar-refractivity contribution in [1.82, 2.24) is 0 Å². The lowest BCUT2D eigenvalue weighted by Gasteiger charge is -2.05. The topological polar surface area (TPSA) is 95.2 Å². The number of nitrogens with two attached hydrogens (primary N) is 2. The quantitative estimate of drug-likeness (QED) is 0.483. The molecule has 0 aliphatic heterocycles. The molecule has 1 saturated carbocycles. The van der Waals surface area contributed by atoms with Crippen molar-refractivity contribution in [2.45, 2.75) is 18.8 Å². The smallest absolute Gasteiger partial charge is 0.270 e. The molecule has 1 aliphatic carbocycles. The molecule has 5 heteroatoms. The Morgan fingerprint density at radius 3 is 2.67 bits per heavy atom. The van der Waals surface area contributed by atoms with Gasteiger partial charge in [-0.3, -0.25) is 10.1 Å². The molecule has 5 nitrogen and oxygen atoms in total. The van der Waals surface area contributed by atoms with E-state index in [0.717, 1.165) is 18.4 Å². The number of rotatable bonds is 4. The fourth-order valence-corrected chi connectivity index (χ4v) is 1.81. The number of benzene rings is 1. The summed E-state index contributed by atoms with van der Waals surface area (Å²) in [6.45, 7) is 0. The molecule has 1 aromatic rings. The first-order chi connectivity index (χ1) is 8.61. The molecule has 0 saturated heterocycles. The van der Waals surface area contributed by atoms with Crippen molar-refractivity contribution in [3.8, 4) is 0 Å². The molecule has 0 radical (unpaired) electrons. The Kier molecular flexibility index (Phi) is 3.32. The number of nitro benzene ring substituents is 1. The van der Waals surface area contributed by atoms with Crippen molar-refractivity contribution < 1.29 is 4.92 Å². The standard InChI is InChI=1S/C13H15N3O2/c14-5-1-2-13(15)11-6-10(9-3-4-9)7-12(8-11)16(17)18/h1-2,5-9H,3-4,14-15H2/b5-1-,13-2-. The van der Waals surface area contributed by atoms with E-state index >= 15 is 0 Å². The van der Waals surface area contributed by atoms with E-state index in [1.807, 2.05) is 6.07 Å². The molecule has 0 unspecified atom stereocenters. The minimum atomic E-state index is -0.387. The third-order valence-electron chi connectivity index (χ3n) is 2.92. The van der Waals surface area contributed by atoms with E-state index < -0.39 is 0 Å². The molecule has 1 aromatic carbocycles. The first kappa shape index (κ1) is 12.2. The number of nitrogens with zero attached hydrogens (tertiary/aromatic N) is 1. The average Bonchev–Trinajstić information content (AvgIpc) is 3.19. The number of allylic oxidation sites excluding steroid dienone is 2. The molecule has 2 rings (SSSR count). The highest BCUT2D eigenvalue weighted by molar-refractivity contribution is 5.67. The van der Waals surface area contributed by atoms with Gasteiger partial charge >= 0.3 is 0 Å². The monoisotopic (exact) mass is 245 g/mol. The zero-order valence-electron chi connectivity index (χ0n) is 9.87. The van der Waals surface area contributed by atoms with Gasteiger partial charge < -0.3 is 11.5 Å². The molecule has 0 heterocycles. The highest BCUT2D eigenvalue weighted by Gasteiger charge is 2.26. The Bertz CT molecular complexity index is 531. The number of hydrogen-bond donors (Lipinski definition) is 2. The Labute approximate surface area is 105 Å². The van der Waals surface area contributed by atoms with Crippen LogP contribution in [0.4, 0.5) is 5.69 Å². The zero-order valence-corrected chi connectivity index (χ0v) is 9.87. The van der Waals surface area contributed by atoms with Crippen LogP contribution in [0.25, 0.3) is 5.70 Å². The van der Waals surface area contributed by atoms with Gasteiger partial charge in [0.2, 0.25) is 0 Å². The summed E-state index contributed by atoms with van der Waals surface area (Å²) >= 11 is 0. The van der Waals surface area contributed by atoms with Crippen LogP contribution < -0.4 is 11.5 Å². The second-order valence-electron chi connectivity index (χ2n) is 4.35. The lowest BCUT2D eigenvalue weighted by Crippen LogP contribution is -1.99. The fourth-order valence-electron chi connectivity index (χ4n) is 1.81. The van der Waals surface area contributed by atoms with Crippen LogP contribution >= 0.6 is 0 Å². The normalized spacial score (nSPS) is 16.1. The maximum atomic E-state index is 10.9. The Hall–Kier alpha value is -2.30. The van der Waals surface area contributed by atoms with Crippen LogP contribution in [-0.4, -0.2) is 4.92 Å².